The van der Waals surface area contributed by atoms with Crippen LogP contribution in [0, 0.1) is 17.0 Å². The zero-order chi connectivity index (χ0) is 13.4. The number of nitrogens with zero attached hydrogens (tertiary/aromatic N) is 1. The van der Waals surface area contributed by atoms with E-state index in [2.05, 4.69) is 5.32 Å². The van der Waals surface area contributed by atoms with Gasteiger partial charge in [-0.25, -0.2) is 13.6 Å². The Kier molecular flexibility index (Phi) is 3.02. The van der Waals surface area contributed by atoms with Crippen LogP contribution in [0.25, 0.3) is 0 Å². The lowest BCUT2D eigenvalue weighted by atomic mass is 10.0. The Morgan fingerprint density at radius 3 is 2.61 bits per heavy atom. The molecule has 1 atom stereocenters. The van der Waals surface area contributed by atoms with Gasteiger partial charge in [0.15, 0.2) is 0 Å². The number of halogens is 2. The molecule has 1 unspecified atom stereocenters. The molecule has 1 aromatic rings. The number of hydrogen-bond donors (Lipinski definition) is 2. The van der Waals surface area contributed by atoms with Crippen molar-refractivity contribution >= 4 is 11.9 Å². The highest BCUT2D eigenvalue weighted by Crippen LogP contribution is 2.29. The number of hydrogen-bond acceptors (Lipinski definition) is 2. The average molecular weight is 253 g/mol. The minimum absolute atomic E-state index is 0.0980. The van der Waals surface area contributed by atoms with E-state index in [1.807, 2.05) is 0 Å². The van der Waals surface area contributed by atoms with E-state index in [9.17, 15) is 13.6 Å². The summed E-state index contributed by atoms with van der Waals surface area (Å²) >= 11 is 0. The maximum Gasteiger partial charge on any atom is 0.323 e. The Hall–Kier alpha value is -1.98. The highest BCUT2D eigenvalue weighted by atomic mass is 19.1. The summed E-state index contributed by atoms with van der Waals surface area (Å²) in [6, 6.07) is 1.68. The van der Waals surface area contributed by atoms with Gasteiger partial charge in [-0.1, -0.05) is 6.07 Å². The zero-order valence-electron chi connectivity index (χ0n) is 10.00. The molecule has 96 valence electrons. The van der Waals surface area contributed by atoms with Crippen LogP contribution in [0.5, 0.6) is 0 Å². The molecule has 18 heavy (non-hydrogen) atoms. The summed E-state index contributed by atoms with van der Waals surface area (Å²) in [7, 11) is 0. The van der Waals surface area contributed by atoms with Crippen molar-refractivity contribution in [2.75, 3.05) is 0 Å². The summed E-state index contributed by atoms with van der Waals surface area (Å²) in [5.74, 6) is -1.54. The number of amides is 2. The van der Waals surface area contributed by atoms with Gasteiger partial charge in [0.1, 0.15) is 23.5 Å². The standard InChI is InChI=1S/C12H13F2N3O/c1-6(2)17-10(11(15)16-12(17)18)8-4-3-7(13)5-9(8)14/h3-6,10H,1-2H3,(H2,15,16,18). The van der Waals surface area contributed by atoms with Crippen molar-refractivity contribution < 1.29 is 13.6 Å². The molecule has 1 aliphatic heterocycles. The molecule has 2 N–H and O–H groups in total. The molecular weight excluding hydrogens is 240 g/mol. The fourth-order valence-corrected chi connectivity index (χ4v) is 2.07. The summed E-state index contributed by atoms with van der Waals surface area (Å²) in [5, 5.41) is 10.1. The summed E-state index contributed by atoms with van der Waals surface area (Å²) in [6.45, 7) is 3.54. The molecule has 1 aromatic carbocycles. The van der Waals surface area contributed by atoms with E-state index in [4.69, 9.17) is 5.41 Å². The van der Waals surface area contributed by atoms with Gasteiger partial charge >= 0.3 is 6.03 Å². The number of carbonyl (C=O) groups is 1. The van der Waals surface area contributed by atoms with Gasteiger partial charge in [-0.05, 0) is 19.9 Å². The van der Waals surface area contributed by atoms with E-state index in [1.165, 1.54) is 11.0 Å². The molecule has 0 saturated carbocycles. The Labute approximate surface area is 103 Å². The topological polar surface area (TPSA) is 56.2 Å². The SMILES string of the molecule is CC(C)N1C(=O)NC(=N)C1c1ccc(F)cc1F. The fourth-order valence-electron chi connectivity index (χ4n) is 2.07. The molecular formula is C12H13F2N3O. The van der Waals surface area contributed by atoms with Gasteiger partial charge in [-0.2, -0.15) is 0 Å². The minimum Gasteiger partial charge on any atom is -0.308 e. The maximum absolute atomic E-state index is 13.7. The van der Waals surface area contributed by atoms with E-state index >= 15 is 0 Å². The van der Waals surface area contributed by atoms with Crippen LogP contribution in [-0.2, 0) is 0 Å². The summed E-state index contributed by atoms with van der Waals surface area (Å²) < 4.78 is 26.6. The van der Waals surface area contributed by atoms with Crippen molar-refractivity contribution in [2.45, 2.75) is 25.9 Å². The minimum atomic E-state index is -0.821. The van der Waals surface area contributed by atoms with Gasteiger partial charge < -0.3 is 4.90 Å². The Morgan fingerprint density at radius 2 is 2.06 bits per heavy atom. The normalized spacial score (nSPS) is 19.6. The van der Waals surface area contributed by atoms with E-state index in [-0.39, 0.29) is 17.4 Å². The number of carbonyl (C=O) groups excluding carboxylic acids is 1. The molecule has 0 aromatic heterocycles. The van der Waals surface area contributed by atoms with Gasteiger partial charge in [0.2, 0.25) is 0 Å². The second kappa shape index (κ2) is 4.36. The Bertz CT molecular complexity index is 516. The lowest BCUT2D eigenvalue weighted by molar-refractivity contribution is 0.189. The fraction of sp³-hybridized carbons (Fsp3) is 0.333. The smallest absolute Gasteiger partial charge is 0.308 e. The van der Waals surface area contributed by atoms with Crippen LogP contribution in [-0.4, -0.2) is 22.8 Å². The molecule has 0 spiro atoms. The molecule has 4 nitrogen and oxygen atoms in total. The monoisotopic (exact) mass is 253 g/mol. The molecule has 6 heteroatoms. The van der Waals surface area contributed by atoms with Crippen molar-refractivity contribution in [1.82, 2.24) is 10.2 Å². The number of benzene rings is 1. The Morgan fingerprint density at radius 1 is 1.39 bits per heavy atom. The van der Waals surface area contributed by atoms with Crippen LogP contribution in [0.2, 0.25) is 0 Å². The zero-order valence-corrected chi connectivity index (χ0v) is 10.00. The quantitative estimate of drug-likeness (QED) is 0.835. The first-order valence-electron chi connectivity index (χ1n) is 5.54. The lowest BCUT2D eigenvalue weighted by Gasteiger charge is -2.26. The van der Waals surface area contributed by atoms with Gasteiger partial charge in [-0.3, -0.25) is 10.7 Å². The van der Waals surface area contributed by atoms with Crippen LogP contribution < -0.4 is 5.32 Å². The second-order valence-electron chi connectivity index (χ2n) is 4.41. The molecule has 1 aliphatic rings. The van der Waals surface area contributed by atoms with Crippen molar-refractivity contribution in [3.8, 4) is 0 Å². The molecule has 0 bridgehead atoms. The first-order chi connectivity index (χ1) is 8.41. The van der Waals surface area contributed by atoms with E-state index in [1.54, 1.807) is 13.8 Å². The predicted octanol–water partition coefficient (Wildman–Crippen LogP) is 2.42. The third kappa shape index (κ3) is 1.94. The summed E-state index contributed by atoms with van der Waals surface area (Å²) in [5.41, 5.74) is 0.119. The molecule has 1 saturated heterocycles. The predicted molar refractivity (Wildman–Crippen MR) is 62.3 cm³/mol. The number of urea groups is 1. The van der Waals surface area contributed by atoms with Crippen LogP contribution in [0.15, 0.2) is 18.2 Å². The van der Waals surface area contributed by atoms with E-state index < -0.39 is 23.7 Å². The second-order valence-corrected chi connectivity index (χ2v) is 4.41. The number of amidine groups is 1. The van der Waals surface area contributed by atoms with Crippen LogP contribution in [0.4, 0.5) is 13.6 Å². The van der Waals surface area contributed by atoms with Crippen LogP contribution in [0.1, 0.15) is 25.5 Å². The first-order valence-corrected chi connectivity index (χ1v) is 5.54. The molecule has 1 heterocycles. The number of nitrogens with one attached hydrogen (secondary N) is 2. The highest BCUT2D eigenvalue weighted by molar-refractivity contribution is 6.06. The largest absolute Gasteiger partial charge is 0.323 e. The van der Waals surface area contributed by atoms with Gasteiger partial charge in [-0.15, -0.1) is 0 Å². The van der Waals surface area contributed by atoms with Gasteiger partial charge in [0, 0.05) is 17.7 Å². The van der Waals surface area contributed by atoms with Crippen LogP contribution in [0.3, 0.4) is 0 Å². The molecule has 2 rings (SSSR count). The van der Waals surface area contributed by atoms with Crippen molar-refractivity contribution in [2.24, 2.45) is 0 Å². The van der Waals surface area contributed by atoms with Gasteiger partial charge in [0.25, 0.3) is 0 Å². The lowest BCUT2D eigenvalue weighted by Crippen LogP contribution is -2.36. The third-order valence-corrected chi connectivity index (χ3v) is 2.84. The molecule has 0 radical (unpaired) electrons. The van der Waals surface area contributed by atoms with Crippen molar-refractivity contribution in [3.05, 3.63) is 35.4 Å². The third-order valence-electron chi connectivity index (χ3n) is 2.84. The molecule has 2 amide bonds. The summed E-state index contributed by atoms with van der Waals surface area (Å²) in [4.78, 5) is 13.0. The van der Waals surface area contributed by atoms with Crippen molar-refractivity contribution in [1.29, 1.82) is 5.41 Å². The van der Waals surface area contributed by atoms with Crippen molar-refractivity contribution in [3.63, 3.8) is 0 Å². The first kappa shape index (κ1) is 12.5. The van der Waals surface area contributed by atoms with E-state index in [0.717, 1.165) is 12.1 Å². The van der Waals surface area contributed by atoms with Gasteiger partial charge in [0.05, 0.1) is 0 Å². The number of rotatable bonds is 2. The van der Waals surface area contributed by atoms with Crippen LogP contribution >= 0.6 is 0 Å². The highest BCUT2D eigenvalue weighted by Gasteiger charge is 2.39. The maximum atomic E-state index is 13.7. The molecule has 0 aliphatic carbocycles. The summed E-state index contributed by atoms with van der Waals surface area (Å²) in [6.07, 6.45) is 0. The Balaban J connectivity index is 2.47. The average Bonchev–Trinajstić information content (AvgIpc) is 2.53. The van der Waals surface area contributed by atoms with E-state index in [0.29, 0.717) is 0 Å². The molecule has 1 fully saturated rings.